The molecule has 0 bridgehead atoms. The normalized spacial score (nSPS) is 13.7. The summed E-state index contributed by atoms with van der Waals surface area (Å²) < 4.78 is 2.00. The molecule has 0 atom stereocenters. The molecule has 1 aliphatic carbocycles. The predicted octanol–water partition coefficient (Wildman–Crippen LogP) is 4.84. The second-order valence-electron chi connectivity index (χ2n) is 9.83. The molecule has 9 heteroatoms. The van der Waals surface area contributed by atoms with Crippen LogP contribution in [0.2, 0.25) is 0 Å². The van der Waals surface area contributed by atoms with Crippen LogP contribution in [0.4, 0.5) is 11.5 Å². The van der Waals surface area contributed by atoms with Gasteiger partial charge in [-0.1, -0.05) is 25.3 Å². The molecule has 6 rings (SSSR count). The summed E-state index contributed by atoms with van der Waals surface area (Å²) in [5.74, 6) is 2.15. The molecule has 1 aliphatic rings. The Balaban J connectivity index is 1.36. The first-order valence-electron chi connectivity index (χ1n) is 12.8. The van der Waals surface area contributed by atoms with Crippen LogP contribution in [0.5, 0.6) is 0 Å². The van der Waals surface area contributed by atoms with E-state index in [1.54, 1.807) is 6.33 Å². The number of fused-ring (bicyclic) bond motifs is 1. The van der Waals surface area contributed by atoms with Crippen LogP contribution >= 0.6 is 0 Å². The van der Waals surface area contributed by atoms with Crippen LogP contribution in [-0.2, 0) is 12.8 Å². The van der Waals surface area contributed by atoms with E-state index >= 15 is 0 Å². The number of anilines is 2. The second-order valence-corrected chi connectivity index (χ2v) is 9.83. The number of pyridine rings is 1. The van der Waals surface area contributed by atoms with Crippen LogP contribution in [0.3, 0.4) is 0 Å². The van der Waals surface area contributed by atoms with Crippen LogP contribution in [0, 0.1) is 19.8 Å². The summed E-state index contributed by atoms with van der Waals surface area (Å²) in [6.07, 6.45) is 7.12. The van der Waals surface area contributed by atoms with Crippen LogP contribution in [-0.4, -0.2) is 46.6 Å². The van der Waals surface area contributed by atoms with Gasteiger partial charge in [-0.2, -0.15) is 10.2 Å². The Morgan fingerprint density at radius 1 is 1.08 bits per heavy atom. The van der Waals surface area contributed by atoms with Crippen molar-refractivity contribution in [2.75, 3.05) is 11.9 Å². The zero-order valence-corrected chi connectivity index (χ0v) is 21.1. The summed E-state index contributed by atoms with van der Waals surface area (Å²) in [6.45, 7) is 4.02. The fourth-order valence-electron chi connectivity index (χ4n) is 4.95. The molecule has 4 heterocycles. The number of nitrogens with one attached hydrogen (secondary N) is 2. The van der Waals surface area contributed by atoms with E-state index in [0.717, 1.165) is 62.9 Å². The van der Waals surface area contributed by atoms with Gasteiger partial charge in [-0.05, 0) is 74.6 Å². The summed E-state index contributed by atoms with van der Waals surface area (Å²) in [5, 5.41) is 29.1. The van der Waals surface area contributed by atoms with Crippen molar-refractivity contribution in [2.45, 2.75) is 46.0 Å². The zero-order chi connectivity index (χ0) is 25.4. The molecule has 9 nitrogen and oxygen atoms in total. The van der Waals surface area contributed by atoms with Crippen molar-refractivity contribution in [1.82, 2.24) is 34.9 Å². The summed E-state index contributed by atoms with van der Waals surface area (Å²) in [5.41, 5.74) is 8.58. The molecule has 0 spiro atoms. The molecule has 0 saturated heterocycles. The average molecular weight is 495 g/mol. The fraction of sp³-hybridized carbons (Fsp3) is 0.321. The standard InChI is InChI=1S/C28H30N8O/c1-17-6-10-25(35-32-17)30-21-8-9-24-22(15-21)29-16-36(24)26-11-7-20(12-13-37)28(31-26)27-18(2)33-34-23(27)14-19-4-3-5-19/h6-11,15-16,19,37H,3-5,12-14H2,1-2H3,(H,30,35)(H,33,34). The Hall–Kier alpha value is -4.11. The number of H-pyrrole nitrogens is 1. The number of benzene rings is 1. The zero-order valence-electron chi connectivity index (χ0n) is 21.1. The van der Waals surface area contributed by atoms with Crippen molar-refractivity contribution >= 4 is 22.5 Å². The van der Waals surface area contributed by atoms with E-state index in [9.17, 15) is 5.11 Å². The number of rotatable bonds is 8. The van der Waals surface area contributed by atoms with Gasteiger partial charge in [0, 0.05) is 23.6 Å². The molecule has 188 valence electrons. The summed E-state index contributed by atoms with van der Waals surface area (Å²) >= 11 is 0. The van der Waals surface area contributed by atoms with Gasteiger partial charge in [-0.3, -0.25) is 9.67 Å². The summed E-state index contributed by atoms with van der Waals surface area (Å²) in [4.78, 5) is 9.76. The number of hydrogen-bond donors (Lipinski definition) is 3. The van der Waals surface area contributed by atoms with Crippen LogP contribution in [0.15, 0.2) is 48.8 Å². The third kappa shape index (κ3) is 4.58. The molecule has 1 fully saturated rings. The van der Waals surface area contributed by atoms with Gasteiger partial charge in [0.25, 0.3) is 0 Å². The minimum absolute atomic E-state index is 0.0675. The lowest BCUT2D eigenvalue weighted by atomic mass is 9.81. The van der Waals surface area contributed by atoms with E-state index < -0.39 is 0 Å². The Bertz CT molecular complexity index is 1550. The van der Waals surface area contributed by atoms with Crippen molar-refractivity contribution in [3.8, 4) is 17.1 Å². The minimum Gasteiger partial charge on any atom is -0.396 e. The highest BCUT2D eigenvalue weighted by molar-refractivity contribution is 5.82. The van der Waals surface area contributed by atoms with E-state index in [-0.39, 0.29) is 6.61 Å². The average Bonchev–Trinajstić information content (AvgIpc) is 3.46. The summed E-state index contributed by atoms with van der Waals surface area (Å²) in [7, 11) is 0. The van der Waals surface area contributed by atoms with Crippen LogP contribution in [0.1, 0.15) is 41.9 Å². The number of nitrogens with zero attached hydrogens (tertiary/aromatic N) is 6. The van der Waals surface area contributed by atoms with Crippen LogP contribution in [0.25, 0.3) is 28.1 Å². The van der Waals surface area contributed by atoms with Gasteiger partial charge >= 0.3 is 0 Å². The van der Waals surface area contributed by atoms with Crippen molar-refractivity contribution in [3.63, 3.8) is 0 Å². The lowest BCUT2D eigenvalue weighted by molar-refractivity contribution is 0.299. The second kappa shape index (κ2) is 9.74. The first-order valence-corrected chi connectivity index (χ1v) is 12.8. The van der Waals surface area contributed by atoms with Gasteiger partial charge in [0.15, 0.2) is 5.82 Å². The van der Waals surface area contributed by atoms with Gasteiger partial charge in [-0.15, -0.1) is 5.10 Å². The topological polar surface area (TPSA) is 117 Å². The minimum atomic E-state index is 0.0675. The van der Waals surface area contributed by atoms with E-state index in [0.29, 0.717) is 18.2 Å². The van der Waals surface area contributed by atoms with Crippen molar-refractivity contribution < 1.29 is 5.11 Å². The van der Waals surface area contributed by atoms with E-state index in [2.05, 4.69) is 36.8 Å². The van der Waals surface area contributed by atoms with Gasteiger partial charge in [0.1, 0.15) is 12.1 Å². The maximum Gasteiger partial charge on any atom is 0.153 e. The molecule has 1 saturated carbocycles. The number of aromatic amines is 1. The van der Waals surface area contributed by atoms with Gasteiger partial charge < -0.3 is 10.4 Å². The third-order valence-corrected chi connectivity index (χ3v) is 7.18. The molecule has 0 aliphatic heterocycles. The highest BCUT2D eigenvalue weighted by Gasteiger charge is 2.24. The molecule has 3 N–H and O–H groups in total. The molecule has 37 heavy (non-hydrogen) atoms. The predicted molar refractivity (Wildman–Crippen MR) is 143 cm³/mol. The van der Waals surface area contributed by atoms with Gasteiger partial charge in [0.2, 0.25) is 0 Å². The van der Waals surface area contributed by atoms with E-state index in [1.807, 2.05) is 54.8 Å². The van der Waals surface area contributed by atoms with Crippen LogP contribution < -0.4 is 5.32 Å². The lowest BCUT2D eigenvalue weighted by Gasteiger charge is -2.24. The van der Waals surface area contributed by atoms with Crippen molar-refractivity contribution in [1.29, 1.82) is 0 Å². The molecule has 4 aromatic heterocycles. The molecule has 0 amide bonds. The number of aromatic nitrogens is 7. The van der Waals surface area contributed by atoms with E-state index in [4.69, 9.17) is 4.98 Å². The first kappa shape index (κ1) is 23.3. The fourth-order valence-corrected chi connectivity index (χ4v) is 4.95. The van der Waals surface area contributed by atoms with E-state index in [1.165, 1.54) is 19.3 Å². The number of aryl methyl sites for hydroxylation is 2. The quantitative estimate of drug-likeness (QED) is 0.283. The maximum absolute atomic E-state index is 9.73. The Kier molecular flexibility index (Phi) is 6.13. The first-order chi connectivity index (χ1) is 18.1. The molecular weight excluding hydrogens is 464 g/mol. The number of hydrogen-bond acceptors (Lipinski definition) is 7. The monoisotopic (exact) mass is 494 g/mol. The summed E-state index contributed by atoms with van der Waals surface area (Å²) in [6, 6.07) is 13.9. The number of aliphatic hydroxyl groups is 1. The molecule has 0 unspecified atom stereocenters. The molecule has 1 aromatic carbocycles. The van der Waals surface area contributed by atoms with Gasteiger partial charge in [-0.25, -0.2) is 9.97 Å². The Labute approximate surface area is 215 Å². The largest absolute Gasteiger partial charge is 0.396 e. The van der Waals surface area contributed by atoms with Crippen molar-refractivity contribution in [2.24, 2.45) is 5.92 Å². The number of imidazole rings is 1. The SMILES string of the molecule is Cc1ccc(Nc2ccc3c(c2)ncn3-c2ccc(CCO)c(-c3c(CC4CCC4)n[nH]c3C)n2)nn1. The molecule has 5 aromatic rings. The smallest absolute Gasteiger partial charge is 0.153 e. The Morgan fingerprint density at radius 3 is 2.73 bits per heavy atom. The lowest BCUT2D eigenvalue weighted by Crippen LogP contribution is -2.14. The Morgan fingerprint density at radius 2 is 1.97 bits per heavy atom. The molecule has 0 radical (unpaired) electrons. The highest BCUT2D eigenvalue weighted by Crippen LogP contribution is 2.35. The van der Waals surface area contributed by atoms with Gasteiger partial charge in [0.05, 0.1) is 28.1 Å². The number of aliphatic hydroxyl groups excluding tert-OH is 1. The van der Waals surface area contributed by atoms with Crippen molar-refractivity contribution in [3.05, 3.63) is 71.4 Å². The molecular formula is C28H30N8O. The third-order valence-electron chi connectivity index (χ3n) is 7.18. The maximum atomic E-state index is 9.73. The highest BCUT2D eigenvalue weighted by atomic mass is 16.3.